The van der Waals surface area contributed by atoms with Gasteiger partial charge in [-0.25, -0.2) is 0 Å². The van der Waals surface area contributed by atoms with Gasteiger partial charge in [0.1, 0.15) is 11.5 Å². The van der Waals surface area contributed by atoms with Crippen molar-refractivity contribution in [1.29, 1.82) is 0 Å². The van der Waals surface area contributed by atoms with Crippen molar-refractivity contribution < 1.29 is 18.8 Å². The number of hydrogen-bond donors (Lipinski definition) is 1. The van der Waals surface area contributed by atoms with Crippen LogP contribution in [0.2, 0.25) is 36.3 Å². The summed E-state index contributed by atoms with van der Waals surface area (Å²) < 4.78 is 12.7. The quantitative estimate of drug-likeness (QED) is 0.386. The lowest BCUT2D eigenvalue weighted by atomic mass is 9.92. The maximum Gasteiger partial charge on any atom is 0.311 e. The Balaban J connectivity index is 2.14. The molecule has 0 spiro atoms. The highest BCUT2D eigenvalue weighted by Gasteiger charge is 2.39. The number of rotatable bonds is 8. The minimum Gasteiger partial charge on any atom is -0.544 e. The summed E-state index contributed by atoms with van der Waals surface area (Å²) >= 11 is 0. The number of aliphatic carboxylic acids is 1. The molecule has 0 saturated heterocycles. The summed E-state index contributed by atoms with van der Waals surface area (Å²) in [6.45, 7) is 22.1. The van der Waals surface area contributed by atoms with E-state index in [0.717, 1.165) is 22.6 Å². The van der Waals surface area contributed by atoms with Crippen LogP contribution in [0, 0.1) is 0 Å². The molecule has 0 aliphatic heterocycles. The molecule has 0 bridgehead atoms. The fourth-order valence-corrected chi connectivity index (χ4v) is 5.00. The molecule has 0 heterocycles. The predicted octanol–water partition coefficient (Wildman–Crippen LogP) is 7.87. The first-order valence-electron chi connectivity index (χ1n) is 11.7. The van der Waals surface area contributed by atoms with Gasteiger partial charge in [0.2, 0.25) is 16.6 Å². The van der Waals surface area contributed by atoms with E-state index in [1.54, 1.807) is 0 Å². The molecule has 2 aromatic carbocycles. The van der Waals surface area contributed by atoms with Crippen LogP contribution in [-0.2, 0) is 11.2 Å². The van der Waals surface area contributed by atoms with E-state index in [-0.39, 0.29) is 10.1 Å². The van der Waals surface area contributed by atoms with Crippen LogP contribution in [0.1, 0.15) is 58.6 Å². The largest absolute Gasteiger partial charge is 0.544 e. The van der Waals surface area contributed by atoms with Gasteiger partial charge in [0.05, 0.1) is 5.92 Å². The highest BCUT2D eigenvalue weighted by Crippen LogP contribution is 2.38. The first-order chi connectivity index (χ1) is 14.9. The van der Waals surface area contributed by atoms with Gasteiger partial charge in [0.25, 0.3) is 0 Å². The van der Waals surface area contributed by atoms with Crippen molar-refractivity contribution in [3.8, 4) is 11.5 Å². The lowest BCUT2D eigenvalue weighted by Gasteiger charge is -2.36. The normalized spacial score (nSPS) is 14.0. The van der Waals surface area contributed by atoms with Gasteiger partial charge in [0.15, 0.2) is 0 Å². The summed E-state index contributed by atoms with van der Waals surface area (Å²) in [5.41, 5.74) is 1.76. The molecule has 0 saturated carbocycles. The van der Waals surface area contributed by atoms with Crippen molar-refractivity contribution in [3.63, 3.8) is 0 Å². The van der Waals surface area contributed by atoms with Gasteiger partial charge < -0.3 is 14.0 Å². The topological polar surface area (TPSA) is 55.8 Å². The Bertz CT molecular complexity index is 934. The molecular formula is C27H42O4Si2. The molecule has 0 aliphatic carbocycles. The van der Waals surface area contributed by atoms with Crippen LogP contribution >= 0.6 is 0 Å². The van der Waals surface area contributed by atoms with Crippen molar-refractivity contribution in [2.75, 3.05) is 0 Å². The number of carboxylic acid groups (broad SMARTS) is 1. The minimum atomic E-state index is -1.93. The molecular weight excluding hydrogens is 444 g/mol. The summed E-state index contributed by atoms with van der Waals surface area (Å²) in [5, 5.41) is 10.1. The van der Waals surface area contributed by atoms with Gasteiger partial charge in [-0.05, 0) is 78.1 Å². The summed E-state index contributed by atoms with van der Waals surface area (Å²) in [6, 6.07) is 15.5. The van der Waals surface area contributed by atoms with Crippen molar-refractivity contribution in [2.24, 2.45) is 0 Å². The average molecular weight is 487 g/mol. The summed E-state index contributed by atoms with van der Waals surface area (Å²) in [6.07, 6.45) is 0.429. The zero-order valence-corrected chi connectivity index (χ0v) is 24.1. The second-order valence-corrected chi connectivity index (χ2v) is 21.5. The SMILES string of the molecule is CC(C)(C)[Si](C)(C)Oc1ccc(CC(C(=O)O)c2ccc(O[Si](C)(C)C(C)(C)C)cc2)cc1. The molecule has 4 nitrogen and oxygen atoms in total. The first-order valence-corrected chi connectivity index (χ1v) is 17.5. The predicted molar refractivity (Wildman–Crippen MR) is 143 cm³/mol. The van der Waals surface area contributed by atoms with Crippen LogP contribution in [0.15, 0.2) is 48.5 Å². The molecule has 1 unspecified atom stereocenters. The van der Waals surface area contributed by atoms with E-state index < -0.39 is 28.5 Å². The van der Waals surface area contributed by atoms with Gasteiger partial charge in [-0.15, -0.1) is 0 Å². The van der Waals surface area contributed by atoms with Gasteiger partial charge in [-0.1, -0.05) is 65.8 Å². The number of hydrogen-bond acceptors (Lipinski definition) is 3. The Labute approximate surface area is 202 Å². The highest BCUT2D eigenvalue weighted by atomic mass is 28.4. The van der Waals surface area contributed by atoms with E-state index in [1.807, 2.05) is 48.5 Å². The van der Waals surface area contributed by atoms with Gasteiger partial charge >= 0.3 is 5.97 Å². The second kappa shape index (κ2) is 9.67. The van der Waals surface area contributed by atoms with Gasteiger partial charge in [0, 0.05) is 0 Å². The zero-order valence-electron chi connectivity index (χ0n) is 22.1. The lowest BCUT2D eigenvalue weighted by Crippen LogP contribution is -2.43. The van der Waals surface area contributed by atoms with Crippen LogP contribution < -0.4 is 8.85 Å². The molecule has 182 valence electrons. The van der Waals surface area contributed by atoms with Crippen molar-refractivity contribution in [1.82, 2.24) is 0 Å². The molecule has 2 aromatic rings. The lowest BCUT2D eigenvalue weighted by molar-refractivity contribution is -0.138. The number of carbonyl (C=O) groups is 1. The minimum absolute atomic E-state index is 0.107. The molecule has 0 amide bonds. The molecule has 1 N–H and O–H groups in total. The third kappa shape index (κ3) is 6.96. The van der Waals surface area contributed by atoms with Crippen molar-refractivity contribution in [2.45, 2.75) is 90.1 Å². The molecule has 6 heteroatoms. The third-order valence-corrected chi connectivity index (χ3v) is 16.0. The standard InChI is InChI=1S/C27H42O4Si2/c1-26(2,3)32(7,8)30-22-15-11-20(12-16-22)19-24(25(28)29)21-13-17-23(18-14-21)31-33(9,10)27(4,5)6/h11-18,24H,19H2,1-10H3,(H,28,29). The molecule has 2 rings (SSSR count). The molecule has 1 atom stereocenters. The Morgan fingerprint density at radius 3 is 1.45 bits per heavy atom. The fraction of sp³-hybridized carbons (Fsp3) is 0.519. The van der Waals surface area contributed by atoms with E-state index in [0.29, 0.717) is 6.42 Å². The fourth-order valence-electron chi connectivity index (χ4n) is 2.94. The number of benzene rings is 2. The maximum absolute atomic E-state index is 12.1. The van der Waals surface area contributed by atoms with Crippen LogP contribution in [0.25, 0.3) is 0 Å². The molecule has 0 aromatic heterocycles. The van der Waals surface area contributed by atoms with Crippen LogP contribution in [0.4, 0.5) is 0 Å². The van der Waals surface area contributed by atoms with E-state index in [1.165, 1.54) is 0 Å². The Hall–Kier alpha value is -2.06. The first kappa shape index (κ1) is 27.2. The Kier molecular flexibility index (Phi) is 7.96. The maximum atomic E-state index is 12.1. The van der Waals surface area contributed by atoms with E-state index in [2.05, 4.69) is 67.7 Å². The van der Waals surface area contributed by atoms with Crippen LogP contribution in [-0.4, -0.2) is 27.7 Å². The van der Waals surface area contributed by atoms with E-state index >= 15 is 0 Å². The zero-order chi connectivity index (χ0) is 25.2. The number of carboxylic acids is 1. The molecule has 0 radical (unpaired) electrons. The summed E-state index contributed by atoms with van der Waals surface area (Å²) in [7, 11) is -3.84. The Morgan fingerprint density at radius 2 is 1.12 bits per heavy atom. The van der Waals surface area contributed by atoms with E-state index in [9.17, 15) is 9.90 Å². The average Bonchev–Trinajstić information content (AvgIpc) is 2.65. The summed E-state index contributed by atoms with van der Waals surface area (Å²) in [4.78, 5) is 12.1. The van der Waals surface area contributed by atoms with E-state index in [4.69, 9.17) is 8.85 Å². The highest BCUT2D eigenvalue weighted by molar-refractivity contribution is 6.75. The molecule has 0 aliphatic rings. The van der Waals surface area contributed by atoms with Gasteiger partial charge in [-0.2, -0.15) is 0 Å². The molecule has 33 heavy (non-hydrogen) atoms. The second-order valence-electron chi connectivity index (χ2n) is 12.0. The third-order valence-electron chi connectivity index (χ3n) is 7.30. The Morgan fingerprint density at radius 1 is 0.758 bits per heavy atom. The molecule has 0 fully saturated rings. The monoisotopic (exact) mass is 486 g/mol. The van der Waals surface area contributed by atoms with Crippen molar-refractivity contribution in [3.05, 3.63) is 59.7 Å². The van der Waals surface area contributed by atoms with Crippen LogP contribution in [0.5, 0.6) is 11.5 Å². The summed E-state index contributed by atoms with van der Waals surface area (Å²) in [5.74, 6) is 0.222. The van der Waals surface area contributed by atoms with Gasteiger partial charge in [-0.3, -0.25) is 4.79 Å². The smallest absolute Gasteiger partial charge is 0.311 e. The van der Waals surface area contributed by atoms with Crippen LogP contribution in [0.3, 0.4) is 0 Å². The van der Waals surface area contributed by atoms with Crippen molar-refractivity contribution >= 4 is 22.6 Å².